The molecule has 2 rings (SSSR count). The summed E-state index contributed by atoms with van der Waals surface area (Å²) in [7, 11) is 0. The van der Waals surface area contributed by atoms with E-state index >= 15 is 0 Å². The number of carbonyl (C=O) groups excluding carboxylic acids is 1. The standard InChI is InChI=1S/C12H9F3N4O/c13-12(14,15)8-2-1-3-9(6-8)18-11(20)19-10-4-5-16-7-17-10/h1-7H,(H2,16,17,18,19,20). The topological polar surface area (TPSA) is 66.9 Å². The lowest BCUT2D eigenvalue weighted by atomic mass is 10.2. The van der Waals surface area contributed by atoms with Crippen LogP contribution in [0.4, 0.5) is 29.5 Å². The van der Waals surface area contributed by atoms with Crippen LogP contribution < -0.4 is 10.6 Å². The molecule has 104 valence electrons. The fraction of sp³-hybridized carbons (Fsp3) is 0.0833. The Bertz CT molecular complexity index is 601. The summed E-state index contributed by atoms with van der Waals surface area (Å²) in [5.74, 6) is 0.240. The number of amides is 2. The second-order valence-electron chi connectivity index (χ2n) is 3.75. The lowest BCUT2D eigenvalue weighted by Crippen LogP contribution is -2.20. The lowest BCUT2D eigenvalue weighted by molar-refractivity contribution is -0.137. The van der Waals surface area contributed by atoms with Crippen LogP contribution >= 0.6 is 0 Å². The van der Waals surface area contributed by atoms with Gasteiger partial charge in [0.1, 0.15) is 12.1 Å². The normalized spacial score (nSPS) is 10.9. The zero-order chi connectivity index (χ0) is 14.6. The van der Waals surface area contributed by atoms with E-state index in [-0.39, 0.29) is 11.5 Å². The van der Waals surface area contributed by atoms with E-state index in [1.165, 1.54) is 30.7 Å². The number of carbonyl (C=O) groups is 1. The number of halogens is 3. The SMILES string of the molecule is O=C(Nc1cccc(C(F)(F)F)c1)Nc1ccncn1. The van der Waals surface area contributed by atoms with Crippen LogP contribution in [0.5, 0.6) is 0 Å². The van der Waals surface area contributed by atoms with Crippen molar-refractivity contribution in [1.29, 1.82) is 0 Å². The number of anilines is 2. The smallest absolute Gasteiger partial charge is 0.308 e. The van der Waals surface area contributed by atoms with Crippen LogP contribution in [0.1, 0.15) is 5.56 Å². The van der Waals surface area contributed by atoms with Crippen LogP contribution in [0.2, 0.25) is 0 Å². The van der Waals surface area contributed by atoms with Gasteiger partial charge in [0.25, 0.3) is 0 Å². The van der Waals surface area contributed by atoms with Crippen molar-refractivity contribution in [2.75, 3.05) is 10.6 Å². The van der Waals surface area contributed by atoms with Gasteiger partial charge in [-0.15, -0.1) is 0 Å². The van der Waals surface area contributed by atoms with Crippen LogP contribution in [0.15, 0.2) is 42.9 Å². The van der Waals surface area contributed by atoms with Gasteiger partial charge in [0.2, 0.25) is 0 Å². The Labute approximate surface area is 111 Å². The molecule has 20 heavy (non-hydrogen) atoms. The molecule has 0 saturated carbocycles. The number of aromatic nitrogens is 2. The van der Waals surface area contributed by atoms with Crippen molar-refractivity contribution in [2.45, 2.75) is 6.18 Å². The third-order valence-electron chi connectivity index (χ3n) is 2.27. The zero-order valence-electron chi connectivity index (χ0n) is 9.98. The number of hydrogen-bond donors (Lipinski definition) is 2. The van der Waals surface area contributed by atoms with Gasteiger partial charge in [-0.05, 0) is 24.3 Å². The predicted molar refractivity (Wildman–Crippen MR) is 66.1 cm³/mol. The van der Waals surface area contributed by atoms with Gasteiger partial charge < -0.3 is 5.32 Å². The molecule has 0 atom stereocenters. The van der Waals surface area contributed by atoms with Crippen molar-refractivity contribution in [3.63, 3.8) is 0 Å². The monoisotopic (exact) mass is 282 g/mol. The first kappa shape index (κ1) is 13.8. The maximum absolute atomic E-state index is 12.5. The molecule has 0 fully saturated rings. The largest absolute Gasteiger partial charge is 0.416 e. The number of alkyl halides is 3. The summed E-state index contributed by atoms with van der Waals surface area (Å²) in [6.45, 7) is 0. The molecule has 1 aromatic heterocycles. The molecule has 0 unspecified atom stereocenters. The Kier molecular flexibility index (Phi) is 3.83. The molecule has 2 N–H and O–H groups in total. The van der Waals surface area contributed by atoms with Crippen molar-refractivity contribution in [3.8, 4) is 0 Å². The van der Waals surface area contributed by atoms with Gasteiger partial charge in [0, 0.05) is 11.9 Å². The molecule has 0 aliphatic carbocycles. The van der Waals surface area contributed by atoms with Gasteiger partial charge in [-0.3, -0.25) is 5.32 Å². The fourth-order valence-corrected chi connectivity index (χ4v) is 1.42. The Hall–Kier alpha value is -2.64. The molecule has 2 aromatic rings. The van der Waals surface area contributed by atoms with E-state index < -0.39 is 17.8 Å². The minimum absolute atomic E-state index is 0.0337. The molecule has 2 amide bonds. The van der Waals surface area contributed by atoms with Crippen LogP contribution in [0.3, 0.4) is 0 Å². The quantitative estimate of drug-likeness (QED) is 0.889. The van der Waals surface area contributed by atoms with Gasteiger partial charge in [-0.1, -0.05) is 6.07 Å². The highest BCUT2D eigenvalue weighted by Gasteiger charge is 2.30. The van der Waals surface area contributed by atoms with E-state index in [1.54, 1.807) is 0 Å². The Balaban J connectivity index is 2.05. The highest BCUT2D eigenvalue weighted by atomic mass is 19.4. The number of rotatable bonds is 2. The summed E-state index contributed by atoms with van der Waals surface area (Å²) >= 11 is 0. The molecule has 0 bridgehead atoms. The number of urea groups is 1. The molecule has 0 saturated heterocycles. The van der Waals surface area contributed by atoms with E-state index in [2.05, 4.69) is 20.6 Å². The van der Waals surface area contributed by atoms with E-state index in [0.29, 0.717) is 0 Å². The van der Waals surface area contributed by atoms with E-state index in [9.17, 15) is 18.0 Å². The van der Waals surface area contributed by atoms with E-state index in [0.717, 1.165) is 12.1 Å². The second kappa shape index (κ2) is 5.55. The summed E-state index contributed by atoms with van der Waals surface area (Å²) in [5.41, 5.74) is -0.802. The molecule has 0 aliphatic rings. The number of nitrogens with zero attached hydrogens (tertiary/aromatic N) is 2. The molecule has 0 radical (unpaired) electrons. The first-order valence-electron chi connectivity index (χ1n) is 5.46. The zero-order valence-corrected chi connectivity index (χ0v) is 9.98. The van der Waals surface area contributed by atoms with E-state index in [1.807, 2.05) is 0 Å². The molecule has 5 nitrogen and oxygen atoms in total. The Morgan fingerprint density at radius 2 is 1.95 bits per heavy atom. The van der Waals surface area contributed by atoms with Gasteiger partial charge in [-0.25, -0.2) is 14.8 Å². The minimum atomic E-state index is -4.46. The molecule has 1 aromatic carbocycles. The Morgan fingerprint density at radius 1 is 1.15 bits per heavy atom. The van der Waals surface area contributed by atoms with Crippen LogP contribution in [0.25, 0.3) is 0 Å². The van der Waals surface area contributed by atoms with Crippen molar-refractivity contribution in [2.24, 2.45) is 0 Å². The maximum atomic E-state index is 12.5. The third-order valence-corrected chi connectivity index (χ3v) is 2.27. The number of benzene rings is 1. The van der Waals surface area contributed by atoms with Gasteiger partial charge in [0.05, 0.1) is 5.56 Å². The summed E-state index contributed by atoms with van der Waals surface area (Å²) < 4.78 is 37.5. The van der Waals surface area contributed by atoms with Gasteiger partial charge >= 0.3 is 12.2 Å². The van der Waals surface area contributed by atoms with Gasteiger partial charge in [-0.2, -0.15) is 13.2 Å². The lowest BCUT2D eigenvalue weighted by Gasteiger charge is -2.10. The van der Waals surface area contributed by atoms with Crippen molar-refractivity contribution >= 4 is 17.5 Å². The predicted octanol–water partition coefficient (Wildman–Crippen LogP) is 3.14. The average molecular weight is 282 g/mol. The molecular weight excluding hydrogens is 273 g/mol. The van der Waals surface area contributed by atoms with Crippen LogP contribution in [-0.2, 0) is 6.18 Å². The number of hydrogen-bond acceptors (Lipinski definition) is 3. The van der Waals surface area contributed by atoms with Gasteiger partial charge in [0.15, 0.2) is 0 Å². The molecular formula is C12H9F3N4O. The fourth-order valence-electron chi connectivity index (χ4n) is 1.42. The molecule has 8 heteroatoms. The first-order valence-corrected chi connectivity index (χ1v) is 5.46. The van der Waals surface area contributed by atoms with E-state index in [4.69, 9.17) is 0 Å². The van der Waals surface area contributed by atoms with Crippen molar-refractivity contribution in [3.05, 3.63) is 48.4 Å². The summed E-state index contributed by atoms with van der Waals surface area (Å²) in [6.07, 6.45) is -1.80. The first-order chi connectivity index (χ1) is 9.45. The number of nitrogens with one attached hydrogen (secondary N) is 2. The molecule has 0 aliphatic heterocycles. The van der Waals surface area contributed by atoms with Crippen molar-refractivity contribution < 1.29 is 18.0 Å². The minimum Gasteiger partial charge on any atom is -0.308 e. The average Bonchev–Trinajstić information content (AvgIpc) is 2.39. The Morgan fingerprint density at radius 3 is 2.60 bits per heavy atom. The third kappa shape index (κ3) is 3.67. The van der Waals surface area contributed by atoms with Crippen LogP contribution in [0, 0.1) is 0 Å². The molecule has 1 heterocycles. The summed E-state index contributed by atoms with van der Waals surface area (Å²) in [5, 5.41) is 4.66. The van der Waals surface area contributed by atoms with Crippen molar-refractivity contribution in [1.82, 2.24) is 9.97 Å². The summed E-state index contributed by atoms with van der Waals surface area (Å²) in [4.78, 5) is 19.0. The van der Waals surface area contributed by atoms with Crippen LogP contribution in [-0.4, -0.2) is 16.0 Å². The highest BCUT2D eigenvalue weighted by molar-refractivity contribution is 5.99. The maximum Gasteiger partial charge on any atom is 0.416 e. The second-order valence-corrected chi connectivity index (χ2v) is 3.75. The highest BCUT2D eigenvalue weighted by Crippen LogP contribution is 2.30. The molecule has 0 spiro atoms. The summed E-state index contributed by atoms with van der Waals surface area (Å²) in [6, 6.07) is 5.10.